The highest BCUT2D eigenvalue weighted by Gasteiger charge is 2.30. The normalized spacial score (nSPS) is 11.2. The SMILES string of the molecule is Nc1c(Nc2ccccc2)ncnc1Nc1cccc(C(F)(F)F)c1. The summed E-state index contributed by atoms with van der Waals surface area (Å²) in [6, 6.07) is 14.0. The van der Waals surface area contributed by atoms with E-state index < -0.39 is 11.7 Å². The van der Waals surface area contributed by atoms with Crippen molar-refractivity contribution in [2.24, 2.45) is 0 Å². The molecule has 0 aliphatic heterocycles. The standard InChI is InChI=1S/C17H14F3N5/c18-17(19,20)11-5-4-8-13(9-11)25-16-14(21)15(22-10-23-16)24-12-6-2-1-3-7-12/h1-10H,21H2,(H2,22,23,24,25). The summed E-state index contributed by atoms with van der Waals surface area (Å²) in [6.07, 6.45) is -3.15. The van der Waals surface area contributed by atoms with Crippen LogP contribution in [-0.2, 0) is 6.18 Å². The van der Waals surface area contributed by atoms with Gasteiger partial charge in [0.2, 0.25) is 0 Å². The molecular weight excluding hydrogens is 331 g/mol. The van der Waals surface area contributed by atoms with Gasteiger partial charge in [0.15, 0.2) is 11.6 Å². The number of para-hydroxylation sites is 1. The van der Waals surface area contributed by atoms with Crippen LogP contribution in [0.1, 0.15) is 5.56 Å². The summed E-state index contributed by atoms with van der Waals surface area (Å²) < 4.78 is 38.4. The molecule has 0 spiro atoms. The zero-order valence-electron chi connectivity index (χ0n) is 12.9. The molecule has 4 N–H and O–H groups in total. The van der Waals surface area contributed by atoms with Crippen LogP contribution >= 0.6 is 0 Å². The van der Waals surface area contributed by atoms with Crippen molar-refractivity contribution >= 4 is 28.7 Å². The summed E-state index contributed by atoms with van der Waals surface area (Å²) in [5.74, 6) is 0.573. The van der Waals surface area contributed by atoms with E-state index in [9.17, 15) is 13.2 Å². The molecule has 5 nitrogen and oxygen atoms in total. The molecule has 0 bridgehead atoms. The summed E-state index contributed by atoms with van der Waals surface area (Å²) in [5.41, 5.74) is 6.48. The lowest BCUT2D eigenvalue weighted by Crippen LogP contribution is -2.07. The maximum atomic E-state index is 12.8. The Morgan fingerprint density at radius 3 is 2.04 bits per heavy atom. The first-order valence-electron chi connectivity index (χ1n) is 7.30. The van der Waals surface area contributed by atoms with Crippen molar-refractivity contribution < 1.29 is 13.2 Å². The number of benzene rings is 2. The van der Waals surface area contributed by atoms with Gasteiger partial charge in [0.05, 0.1) is 5.56 Å². The number of nitrogen functional groups attached to an aromatic ring is 1. The fraction of sp³-hybridized carbons (Fsp3) is 0.0588. The summed E-state index contributed by atoms with van der Waals surface area (Å²) in [6.45, 7) is 0. The average Bonchev–Trinajstić information content (AvgIpc) is 2.59. The number of alkyl halides is 3. The molecule has 0 saturated carbocycles. The fourth-order valence-electron chi connectivity index (χ4n) is 2.16. The largest absolute Gasteiger partial charge is 0.416 e. The van der Waals surface area contributed by atoms with Gasteiger partial charge in [-0.2, -0.15) is 13.2 Å². The Kier molecular flexibility index (Phi) is 4.42. The number of nitrogens with one attached hydrogen (secondary N) is 2. The number of rotatable bonds is 4. The number of hydrogen-bond donors (Lipinski definition) is 3. The molecule has 8 heteroatoms. The lowest BCUT2D eigenvalue weighted by atomic mass is 10.2. The van der Waals surface area contributed by atoms with Gasteiger partial charge in [-0.15, -0.1) is 0 Å². The molecule has 3 aromatic rings. The van der Waals surface area contributed by atoms with Gasteiger partial charge in [-0.1, -0.05) is 24.3 Å². The highest BCUT2D eigenvalue weighted by atomic mass is 19.4. The molecular formula is C17H14F3N5. The van der Waals surface area contributed by atoms with Gasteiger partial charge in [0, 0.05) is 11.4 Å². The first-order valence-corrected chi connectivity index (χ1v) is 7.30. The quantitative estimate of drug-likeness (QED) is 0.646. The van der Waals surface area contributed by atoms with E-state index in [0.29, 0.717) is 5.82 Å². The molecule has 1 heterocycles. The van der Waals surface area contributed by atoms with E-state index in [-0.39, 0.29) is 17.2 Å². The summed E-state index contributed by atoms with van der Waals surface area (Å²) in [5, 5.41) is 5.83. The Hall–Kier alpha value is -3.29. The predicted molar refractivity (Wildman–Crippen MR) is 90.9 cm³/mol. The minimum atomic E-state index is -4.42. The minimum Gasteiger partial charge on any atom is -0.393 e. The molecule has 0 fully saturated rings. The van der Waals surface area contributed by atoms with Gasteiger partial charge in [-0.05, 0) is 30.3 Å². The molecule has 0 amide bonds. The molecule has 0 unspecified atom stereocenters. The van der Waals surface area contributed by atoms with Crippen LogP contribution in [0.3, 0.4) is 0 Å². The van der Waals surface area contributed by atoms with Gasteiger partial charge in [0.25, 0.3) is 0 Å². The van der Waals surface area contributed by atoms with Crippen molar-refractivity contribution in [3.05, 3.63) is 66.5 Å². The van der Waals surface area contributed by atoms with Crippen LogP contribution in [0.2, 0.25) is 0 Å². The van der Waals surface area contributed by atoms with Gasteiger partial charge in [-0.25, -0.2) is 9.97 Å². The van der Waals surface area contributed by atoms with Crippen molar-refractivity contribution in [1.29, 1.82) is 0 Å². The zero-order valence-corrected chi connectivity index (χ0v) is 12.9. The van der Waals surface area contributed by atoms with Crippen LogP contribution < -0.4 is 16.4 Å². The van der Waals surface area contributed by atoms with E-state index in [1.54, 1.807) is 0 Å². The topological polar surface area (TPSA) is 75.9 Å². The first kappa shape index (κ1) is 16.6. The number of halogens is 3. The Bertz CT molecular complexity index is 866. The minimum absolute atomic E-state index is 0.198. The van der Waals surface area contributed by atoms with Gasteiger partial charge in [0.1, 0.15) is 12.0 Å². The van der Waals surface area contributed by atoms with Gasteiger partial charge < -0.3 is 16.4 Å². The number of nitrogens with zero attached hydrogens (tertiary/aromatic N) is 2. The van der Waals surface area contributed by atoms with Gasteiger partial charge in [-0.3, -0.25) is 0 Å². The summed E-state index contributed by atoms with van der Waals surface area (Å²) >= 11 is 0. The van der Waals surface area contributed by atoms with Crippen LogP contribution in [0, 0.1) is 0 Å². The molecule has 1 aromatic heterocycles. The Morgan fingerprint density at radius 2 is 1.40 bits per heavy atom. The van der Waals surface area contributed by atoms with Crippen LogP contribution in [0.15, 0.2) is 60.9 Å². The molecule has 0 aliphatic rings. The molecule has 25 heavy (non-hydrogen) atoms. The van der Waals surface area contributed by atoms with Crippen molar-refractivity contribution in [3.63, 3.8) is 0 Å². The molecule has 0 radical (unpaired) electrons. The molecule has 128 valence electrons. The monoisotopic (exact) mass is 345 g/mol. The van der Waals surface area contributed by atoms with E-state index in [0.717, 1.165) is 17.8 Å². The second kappa shape index (κ2) is 6.68. The lowest BCUT2D eigenvalue weighted by Gasteiger charge is -2.13. The Labute approximate surface area is 141 Å². The number of aromatic nitrogens is 2. The smallest absolute Gasteiger partial charge is 0.393 e. The van der Waals surface area contributed by atoms with Crippen molar-refractivity contribution in [2.75, 3.05) is 16.4 Å². The number of anilines is 5. The van der Waals surface area contributed by atoms with E-state index in [1.807, 2.05) is 30.3 Å². The molecule has 2 aromatic carbocycles. The van der Waals surface area contributed by atoms with E-state index in [4.69, 9.17) is 5.73 Å². The fourth-order valence-corrected chi connectivity index (χ4v) is 2.16. The van der Waals surface area contributed by atoms with Gasteiger partial charge >= 0.3 is 6.18 Å². The van der Waals surface area contributed by atoms with Crippen molar-refractivity contribution in [1.82, 2.24) is 9.97 Å². The molecule has 0 aliphatic carbocycles. The highest BCUT2D eigenvalue weighted by molar-refractivity contribution is 5.80. The maximum absolute atomic E-state index is 12.8. The molecule has 0 saturated heterocycles. The Balaban J connectivity index is 1.85. The summed E-state index contributed by atoms with van der Waals surface area (Å²) in [4.78, 5) is 8.06. The average molecular weight is 345 g/mol. The van der Waals surface area contributed by atoms with Crippen LogP contribution in [-0.4, -0.2) is 9.97 Å². The Morgan fingerprint density at radius 1 is 0.800 bits per heavy atom. The molecule has 3 rings (SSSR count). The lowest BCUT2D eigenvalue weighted by molar-refractivity contribution is -0.137. The van der Waals surface area contributed by atoms with Crippen LogP contribution in [0.4, 0.5) is 41.9 Å². The third-order valence-electron chi connectivity index (χ3n) is 3.37. The van der Waals surface area contributed by atoms with E-state index >= 15 is 0 Å². The zero-order chi connectivity index (χ0) is 17.9. The second-order valence-electron chi connectivity index (χ2n) is 5.18. The van der Waals surface area contributed by atoms with Crippen LogP contribution in [0.25, 0.3) is 0 Å². The number of nitrogens with two attached hydrogens (primary N) is 1. The molecule has 0 atom stereocenters. The van der Waals surface area contributed by atoms with Crippen molar-refractivity contribution in [3.8, 4) is 0 Å². The second-order valence-corrected chi connectivity index (χ2v) is 5.18. The highest BCUT2D eigenvalue weighted by Crippen LogP contribution is 2.32. The van der Waals surface area contributed by atoms with E-state index in [1.165, 1.54) is 18.5 Å². The third kappa shape index (κ3) is 3.97. The third-order valence-corrected chi connectivity index (χ3v) is 3.37. The van der Waals surface area contributed by atoms with E-state index in [2.05, 4.69) is 20.6 Å². The van der Waals surface area contributed by atoms with Crippen LogP contribution in [0.5, 0.6) is 0 Å². The summed E-state index contributed by atoms with van der Waals surface area (Å²) in [7, 11) is 0. The van der Waals surface area contributed by atoms with Crippen molar-refractivity contribution in [2.45, 2.75) is 6.18 Å². The maximum Gasteiger partial charge on any atom is 0.416 e. The predicted octanol–water partition coefficient (Wildman–Crippen LogP) is 4.56. The number of hydrogen-bond acceptors (Lipinski definition) is 5. The first-order chi connectivity index (χ1) is 11.9.